The summed E-state index contributed by atoms with van der Waals surface area (Å²) in [7, 11) is 0. The number of carboxylic acid groups (broad SMARTS) is 1. The van der Waals surface area contributed by atoms with Crippen molar-refractivity contribution in [1.29, 1.82) is 0 Å². The summed E-state index contributed by atoms with van der Waals surface area (Å²) in [6.45, 7) is 7.17. The Morgan fingerprint density at radius 1 is 1.26 bits per heavy atom. The van der Waals surface area contributed by atoms with Crippen molar-refractivity contribution in [1.82, 2.24) is 5.32 Å². The quantitative estimate of drug-likeness (QED) is 0.803. The van der Waals surface area contributed by atoms with E-state index in [-0.39, 0.29) is 11.8 Å². The van der Waals surface area contributed by atoms with E-state index in [0.29, 0.717) is 30.2 Å². The summed E-state index contributed by atoms with van der Waals surface area (Å²) < 4.78 is 0. The maximum absolute atomic E-state index is 12.2. The van der Waals surface area contributed by atoms with Crippen LogP contribution in [0.25, 0.3) is 0 Å². The predicted octanol–water partition coefficient (Wildman–Crippen LogP) is 2.29. The van der Waals surface area contributed by atoms with Gasteiger partial charge in [-0.1, -0.05) is 27.2 Å². The molecule has 2 fully saturated rings. The molecule has 0 aromatic heterocycles. The highest BCUT2D eigenvalue weighted by Crippen LogP contribution is 2.51. The van der Waals surface area contributed by atoms with Gasteiger partial charge in [0, 0.05) is 6.54 Å². The molecular formula is C15H25NO3. The van der Waals surface area contributed by atoms with Crippen molar-refractivity contribution in [3.63, 3.8) is 0 Å². The number of hydrogen-bond acceptors (Lipinski definition) is 2. The van der Waals surface area contributed by atoms with Crippen LogP contribution in [0, 0.1) is 29.1 Å². The monoisotopic (exact) mass is 267 g/mol. The van der Waals surface area contributed by atoms with Gasteiger partial charge in [-0.2, -0.15) is 0 Å². The molecule has 4 nitrogen and oxygen atoms in total. The highest BCUT2D eigenvalue weighted by molar-refractivity contribution is 5.85. The van der Waals surface area contributed by atoms with Crippen molar-refractivity contribution in [3.05, 3.63) is 0 Å². The fourth-order valence-electron chi connectivity index (χ4n) is 3.32. The normalized spacial score (nSPS) is 35.9. The highest BCUT2D eigenvalue weighted by atomic mass is 16.4. The van der Waals surface area contributed by atoms with E-state index in [1.807, 2.05) is 0 Å². The molecule has 0 aromatic rings. The summed E-state index contributed by atoms with van der Waals surface area (Å²) in [4.78, 5) is 23.4. The molecule has 0 radical (unpaired) electrons. The summed E-state index contributed by atoms with van der Waals surface area (Å²) in [5, 5.41) is 12.2. The third-order valence-electron chi connectivity index (χ3n) is 5.13. The topological polar surface area (TPSA) is 66.4 Å². The summed E-state index contributed by atoms with van der Waals surface area (Å²) >= 11 is 0. The zero-order valence-corrected chi connectivity index (χ0v) is 12.1. The molecule has 2 N–H and O–H groups in total. The van der Waals surface area contributed by atoms with Crippen LogP contribution < -0.4 is 5.32 Å². The number of nitrogens with one attached hydrogen (secondary N) is 1. The van der Waals surface area contributed by atoms with Gasteiger partial charge in [-0.25, -0.2) is 0 Å². The summed E-state index contributed by atoms with van der Waals surface area (Å²) in [6.07, 6.45) is 3.49. The van der Waals surface area contributed by atoms with Gasteiger partial charge in [0.15, 0.2) is 0 Å². The molecule has 1 amide bonds. The van der Waals surface area contributed by atoms with Gasteiger partial charge in [0.1, 0.15) is 0 Å². The van der Waals surface area contributed by atoms with Gasteiger partial charge in [-0.05, 0) is 36.5 Å². The summed E-state index contributed by atoms with van der Waals surface area (Å²) in [6, 6.07) is 0. The zero-order valence-electron chi connectivity index (χ0n) is 12.1. The number of rotatable bonds is 5. The van der Waals surface area contributed by atoms with Gasteiger partial charge in [-0.3, -0.25) is 9.59 Å². The molecule has 108 valence electrons. The molecule has 2 saturated carbocycles. The number of carbonyl (C=O) groups excluding carboxylic acids is 1. The minimum atomic E-state index is -0.817. The van der Waals surface area contributed by atoms with E-state index in [0.717, 1.165) is 19.3 Å². The van der Waals surface area contributed by atoms with E-state index >= 15 is 0 Å². The van der Waals surface area contributed by atoms with Gasteiger partial charge in [-0.15, -0.1) is 0 Å². The Kier molecular flexibility index (Phi) is 3.88. The second kappa shape index (κ2) is 5.14. The van der Waals surface area contributed by atoms with Crippen LogP contribution in [0.3, 0.4) is 0 Å². The van der Waals surface area contributed by atoms with Crippen LogP contribution in [0.1, 0.15) is 46.5 Å². The van der Waals surface area contributed by atoms with Crippen LogP contribution >= 0.6 is 0 Å². The van der Waals surface area contributed by atoms with E-state index < -0.39 is 11.9 Å². The van der Waals surface area contributed by atoms with Crippen molar-refractivity contribution in [2.24, 2.45) is 29.1 Å². The molecule has 2 rings (SSSR count). The Bertz CT molecular complexity index is 378. The zero-order chi connectivity index (χ0) is 14.2. The molecule has 0 saturated heterocycles. The van der Waals surface area contributed by atoms with Gasteiger partial charge in [0.05, 0.1) is 11.8 Å². The highest BCUT2D eigenvalue weighted by Gasteiger charge is 2.46. The molecule has 2 aliphatic rings. The fourth-order valence-corrected chi connectivity index (χ4v) is 3.32. The van der Waals surface area contributed by atoms with E-state index in [9.17, 15) is 14.7 Å². The van der Waals surface area contributed by atoms with Gasteiger partial charge >= 0.3 is 5.97 Å². The molecule has 0 heterocycles. The van der Waals surface area contributed by atoms with Crippen LogP contribution in [0.2, 0.25) is 0 Å². The first-order valence-corrected chi connectivity index (χ1v) is 7.35. The number of carboxylic acids is 1. The number of amides is 1. The van der Waals surface area contributed by atoms with Crippen molar-refractivity contribution in [3.8, 4) is 0 Å². The van der Waals surface area contributed by atoms with Crippen molar-refractivity contribution in [2.45, 2.75) is 46.5 Å². The lowest BCUT2D eigenvalue weighted by atomic mass is 9.95. The first kappa shape index (κ1) is 14.4. The van der Waals surface area contributed by atoms with Crippen LogP contribution in [0.4, 0.5) is 0 Å². The summed E-state index contributed by atoms with van der Waals surface area (Å²) in [5.74, 6) is -0.743. The number of hydrogen-bond donors (Lipinski definition) is 2. The molecule has 4 atom stereocenters. The number of aliphatic carboxylic acids is 1. The van der Waals surface area contributed by atoms with Crippen molar-refractivity contribution in [2.75, 3.05) is 6.54 Å². The Hall–Kier alpha value is -1.06. The van der Waals surface area contributed by atoms with Crippen molar-refractivity contribution < 1.29 is 14.7 Å². The van der Waals surface area contributed by atoms with E-state index in [4.69, 9.17) is 0 Å². The lowest BCUT2D eigenvalue weighted by molar-refractivity contribution is -0.146. The fraction of sp³-hybridized carbons (Fsp3) is 0.867. The van der Waals surface area contributed by atoms with Gasteiger partial charge in [0.25, 0.3) is 0 Å². The Morgan fingerprint density at radius 2 is 1.84 bits per heavy atom. The van der Waals surface area contributed by atoms with Crippen LogP contribution in [0.15, 0.2) is 0 Å². The summed E-state index contributed by atoms with van der Waals surface area (Å²) in [5.41, 5.74) is 0.348. The molecule has 2 aliphatic carbocycles. The van der Waals surface area contributed by atoms with Gasteiger partial charge < -0.3 is 10.4 Å². The Balaban J connectivity index is 1.88. The molecule has 4 unspecified atom stereocenters. The maximum atomic E-state index is 12.2. The number of carbonyl (C=O) groups is 2. The average Bonchev–Trinajstić information content (AvgIpc) is 2.78. The molecule has 0 aliphatic heterocycles. The van der Waals surface area contributed by atoms with E-state index in [1.165, 1.54) is 0 Å². The molecule has 4 heteroatoms. The molecule has 0 bridgehead atoms. The SMILES string of the molecule is CCC1CC(C(=O)O)C(C(=O)NCC2CC2(C)C)C1. The third kappa shape index (κ3) is 3.10. The minimum Gasteiger partial charge on any atom is -0.481 e. The molecular weight excluding hydrogens is 242 g/mol. The maximum Gasteiger partial charge on any atom is 0.307 e. The lowest BCUT2D eigenvalue weighted by Gasteiger charge is -2.15. The minimum absolute atomic E-state index is 0.0500. The average molecular weight is 267 g/mol. The smallest absolute Gasteiger partial charge is 0.307 e. The second-order valence-corrected chi connectivity index (χ2v) is 6.93. The van der Waals surface area contributed by atoms with Gasteiger partial charge in [0.2, 0.25) is 5.91 Å². The largest absolute Gasteiger partial charge is 0.481 e. The van der Waals surface area contributed by atoms with Crippen LogP contribution in [-0.4, -0.2) is 23.5 Å². The Morgan fingerprint density at radius 3 is 2.32 bits per heavy atom. The van der Waals surface area contributed by atoms with Crippen molar-refractivity contribution >= 4 is 11.9 Å². The first-order valence-electron chi connectivity index (χ1n) is 7.35. The standard InChI is InChI=1S/C15H25NO3/c1-4-9-5-11(12(6-9)14(18)19)13(17)16-8-10-7-15(10,2)3/h9-12H,4-8H2,1-3H3,(H,16,17)(H,18,19). The molecule has 0 aromatic carbocycles. The molecule has 0 spiro atoms. The first-order chi connectivity index (χ1) is 8.85. The predicted molar refractivity (Wildman–Crippen MR) is 72.5 cm³/mol. The Labute approximate surface area is 115 Å². The lowest BCUT2D eigenvalue weighted by Crippen LogP contribution is -2.36. The van der Waals surface area contributed by atoms with Crippen LogP contribution in [-0.2, 0) is 9.59 Å². The molecule has 19 heavy (non-hydrogen) atoms. The third-order valence-corrected chi connectivity index (χ3v) is 5.13. The van der Waals surface area contributed by atoms with E-state index in [2.05, 4.69) is 26.1 Å². The van der Waals surface area contributed by atoms with E-state index in [1.54, 1.807) is 0 Å². The second-order valence-electron chi connectivity index (χ2n) is 6.93. The van der Waals surface area contributed by atoms with Crippen LogP contribution in [0.5, 0.6) is 0 Å².